The zero-order valence-electron chi connectivity index (χ0n) is 7.15. The number of hydrogen-bond donors (Lipinski definition) is 2. The van der Waals surface area contributed by atoms with Crippen LogP contribution in [-0.4, -0.2) is 26.0 Å². The van der Waals surface area contributed by atoms with Gasteiger partial charge in [-0.25, -0.2) is 0 Å². The Morgan fingerprint density at radius 3 is 2.15 bits per heavy atom. The molecule has 0 atom stereocenters. The molecule has 0 aliphatic heterocycles. The molecule has 0 aliphatic rings. The molecule has 7 heteroatoms. The second-order valence-corrected chi connectivity index (χ2v) is 4.44. The van der Waals surface area contributed by atoms with Crippen LogP contribution in [0, 0.1) is 6.92 Å². The number of nitrogens with two attached hydrogens (primary N) is 2. The first kappa shape index (κ1) is 19.7. The average molecular weight is 447 g/mol. The Morgan fingerprint density at radius 1 is 1.31 bits per heavy atom. The minimum absolute atomic E-state index is 0. The summed E-state index contributed by atoms with van der Waals surface area (Å²) in [5, 5.41) is 0. The van der Waals surface area contributed by atoms with Crippen LogP contribution in [0.25, 0.3) is 0 Å². The Labute approximate surface area is 116 Å². The molecule has 0 aliphatic carbocycles. The number of aryl methyl sites for hydroxylation is 1. The van der Waals surface area contributed by atoms with Crippen LogP contribution < -0.4 is 11.5 Å². The van der Waals surface area contributed by atoms with E-state index in [-0.39, 0.29) is 50.9 Å². The summed E-state index contributed by atoms with van der Waals surface area (Å²) >= 11 is 0.295. The van der Waals surface area contributed by atoms with Gasteiger partial charge in [-0.1, -0.05) is 0 Å². The maximum atomic E-state index is 5.54. The molecule has 1 heterocycles. The van der Waals surface area contributed by atoms with E-state index in [1.54, 1.807) is 0 Å². The van der Waals surface area contributed by atoms with E-state index in [0.29, 0.717) is 21.0 Å². The van der Waals surface area contributed by atoms with E-state index in [1.807, 2.05) is 6.92 Å². The van der Waals surface area contributed by atoms with Crippen LogP contribution in [0.15, 0.2) is 0 Å². The third-order valence-electron chi connectivity index (χ3n) is 1.28. The number of halogens is 3. The standard InChI is InChI=1S/C6H11N3Se.3BrH/c1-4-5(2-3-7)10-6(8)9-4;;;/h2-3,7H2,1H3,(H2,8,9);3*1H. The molecular formula is C6H14Br3N3Se. The molecule has 0 fully saturated rings. The molecule has 0 aromatic carbocycles. The van der Waals surface area contributed by atoms with Gasteiger partial charge in [0, 0.05) is 0 Å². The van der Waals surface area contributed by atoms with Crippen LogP contribution in [0.5, 0.6) is 0 Å². The molecule has 0 saturated heterocycles. The molecule has 13 heavy (non-hydrogen) atoms. The Balaban J connectivity index is -0.000000333. The third-order valence-corrected chi connectivity index (χ3v) is 3.48. The molecule has 3 nitrogen and oxygen atoms in total. The van der Waals surface area contributed by atoms with Crippen molar-refractivity contribution in [3.8, 4) is 0 Å². The van der Waals surface area contributed by atoms with E-state index >= 15 is 0 Å². The van der Waals surface area contributed by atoms with Gasteiger partial charge in [0.15, 0.2) is 0 Å². The normalized spacial score (nSPS) is 7.85. The van der Waals surface area contributed by atoms with Gasteiger partial charge in [-0.3, -0.25) is 0 Å². The second-order valence-electron chi connectivity index (χ2n) is 2.10. The molecule has 0 radical (unpaired) electrons. The van der Waals surface area contributed by atoms with Crippen molar-refractivity contribution in [3.63, 3.8) is 0 Å². The van der Waals surface area contributed by atoms with Crippen LogP contribution in [-0.2, 0) is 6.42 Å². The Bertz CT molecular complexity index is 229. The van der Waals surface area contributed by atoms with Crippen molar-refractivity contribution in [2.75, 3.05) is 12.3 Å². The first-order valence-electron chi connectivity index (χ1n) is 3.16. The van der Waals surface area contributed by atoms with Crippen LogP contribution in [0.4, 0.5) is 4.69 Å². The molecule has 0 unspecified atom stereocenters. The first-order chi connectivity index (χ1) is 4.74. The number of nitrogens with zero attached hydrogens (tertiary/aromatic N) is 1. The van der Waals surface area contributed by atoms with Crippen LogP contribution in [0.3, 0.4) is 0 Å². The summed E-state index contributed by atoms with van der Waals surface area (Å²) in [6.45, 7) is 2.70. The summed E-state index contributed by atoms with van der Waals surface area (Å²) in [6.07, 6.45) is 0.954. The molecule has 0 spiro atoms. The van der Waals surface area contributed by atoms with E-state index in [2.05, 4.69) is 4.98 Å². The van der Waals surface area contributed by atoms with Gasteiger partial charge in [-0.15, -0.1) is 50.9 Å². The van der Waals surface area contributed by atoms with Gasteiger partial charge in [-0.2, -0.15) is 0 Å². The summed E-state index contributed by atoms with van der Waals surface area (Å²) in [5.41, 5.74) is 12.0. The van der Waals surface area contributed by atoms with Gasteiger partial charge in [-0.05, 0) is 0 Å². The maximum absolute atomic E-state index is 5.54. The molecule has 4 N–H and O–H groups in total. The molecule has 80 valence electrons. The predicted molar refractivity (Wildman–Crippen MR) is 74.1 cm³/mol. The van der Waals surface area contributed by atoms with Crippen molar-refractivity contribution in [3.05, 3.63) is 10.1 Å². The van der Waals surface area contributed by atoms with E-state index in [0.717, 1.165) is 16.8 Å². The van der Waals surface area contributed by atoms with Crippen LogP contribution in [0.1, 0.15) is 10.1 Å². The molecule has 1 rings (SSSR count). The third kappa shape index (κ3) is 6.25. The minimum atomic E-state index is 0. The van der Waals surface area contributed by atoms with Gasteiger partial charge < -0.3 is 0 Å². The number of rotatable bonds is 2. The fourth-order valence-electron chi connectivity index (χ4n) is 0.814. The van der Waals surface area contributed by atoms with E-state index in [4.69, 9.17) is 11.5 Å². The summed E-state index contributed by atoms with van der Waals surface area (Å²) < 4.78 is 2.14. The van der Waals surface area contributed by atoms with E-state index in [9.17, 15) is 0 Å². The predicted octanol–water partition coefficient (Wildman–Crippen LogP) is 1.26. The zero-order chi connectivity index (χ0) is 7.56. The van der Waals surface area contributed by atoms with Crippen LogP contribution >= 0.6 is 50.9 Å². The van der Waals surface area contributed by atoms with Gasteiger partial charge in [0.05, 0.1) is 0 Å². The summed E-state index contributed by atoms with van der Waals surface area (Å²) in [6, 6.07) is 0. The van der Waals surface area contributed by atoms with Gasteiger partial charge in [0.25, 0.3) is 0 Å². The monoisotopic (exact) mass is 445 g/mol. The molecule has 0 amide bonds. The summed E-state index contributed by atoms with van der Waals surface area (Å²) in [7, 11) is 0. The average Bonchev–Trinajstić information content (AvgIpc) is 2.13. The van der Waals surface area contributed by atoms with E-state index in [1.165, 1.54) is 4.44 Å². The molecular weight excluding hydrogens is 433 g/mol. The van der Waals surface area contributed by atoms with Crippen molar-refractivity contribution in [1.29, 1.82) is 0 Å². The fraction of sp³-hybridized carbons (Fsp3) is 0.500. The Morgan fingerprint density at radius 2 is 1.85 bits per heavy atom. The van der Waals surface area contributed by atoms with Crippen LogP contribution in [0.2, 0.25) is 0 Å². The fourth-order valence-corrected chi connectivity index (χ4v) is 2.59. The van der Waals surface area contributed by atoms with Crippen molar-refractivity contribution in [1.82, 2.24) is 4.98 Å². The van der Waals surface area contributed by atoms with Gasteiger partial charge in [0.2, 0.25) is 0 Å². The molecule has 1 aromatic rings. The second kappa shape index (κ2) is 9.68. The van der Waals surface area contributed by atoms with Gasteiger partial charge in [0.1, 0.15) is 0 Å². The SMILES string of the molecule is Br.Br.Br.Cc1nc(N)[se]c1CCN. The van der Waals surface area contributed by atoms with E-state index < -0.39 is 0 Å². The molecule has 0 bridgehead atoms. The van der Waals surface area contributed by atoms with Crippen molar-refractivity contribution in [2.24, 2.45) is 5.73 Å². The first-order valence-corrected chi connectivity index (χ1v) is 4.87. The number of anilines is 1. The van der Waals surface area contributed by atoms with Crippen molar-refractivity contribution >= 4 is 70.1 Å². The zero-order valence-corrected chi connectivity index (χ0v) is 14.0. The number of hydrogen-bond acceptors (Lipinski definition) is 3. The summed E-state index contributed by atoms with van der Waals surface area (Å²) in [5.74, 6) is 0. The molecule has 1 aromatic heterocycles. The molecule has 0 saturated carbocycles. The summed E-state index contributed by atoms with van der Waals surface area (Å²) in [4.78, 5) is 4.14. The number of aromatic nitrogens is 1. The van der Waals surface area contributed by atoms with Crippen molar-refractivity contribution < 1.29 is 0 Å². The Hall–Kier alpha value is 1.13. The quantitative estimate of drug-likeness (QED) is 0.672. The number of nitrogen functional groups attached to an aromatic ring is 1. The Kier molecular flexibility index (Phi) is 14.6. The topological polar surface area (TPSA) is 64.9 Å². The van der Waals surface area contributed by atoms with Gasteiger partial charge >= 0.3 is 65.7 Å². The van der Waals surface area contributed by atoms with Crippen molar-refractivity contribution in [2.45, 2.75) is 13.3 Å².